The van der Waals surface area contributed by atoms with Crippen LogP contribution in [0.1, 0.15) is 13.8 Å². The van der Waals surface area contributed by atoms with E-state index >= 15 is 0 Å². The number of carbonyl (C=O) groups is 1. The average Bonchev–Trinajstić information content (AvgIpc) is 1.65. The summed E-state index contributed by atoms with van der Waals surface area (Å²) < 4.78 is 4.41. The van der Waals surface area contributed by atoms with Gasteiger partial charge < -0.3 is 4.74 Å². The van der Waals surface area contributed by atoms with E-state index in [-0.39, 0.29) is 0 Å². The van der Waals surface area contributed by atoms with Crippen LogP contribution in [0, 0.1) is 6.57 Å². The van der Waals surface area contributed by atoms with E-state index in [0.29, 0.717) is 0 Å². The maximum atomic E-state index is 10.0. The highest BCUT2D eigenvalue weighted by molar-refractivity contribution is 5.66. The van der Waals surface area contributed by atoms with E-state index in [1.807, 2.05) is 0 Å². The Morgan fingerprint density at radius 1 is 1.88 bits per heavy atom. The Kier molecular flexibility index (Phi) is 2.63. The molecule has 0 saturated carbocycles. The summed E-state index contributed by atoms with van der Waals surface area (Å²) in [6.07, 6.45) is -0.632. The topological polar surface area (TPSA) is 30.7 Å². The second kappa shape index (κ2) is 3.03. The first kappa shape index (κ1) is 6.96. The van der Waals surface area contributed by atoms with E-state index in [0.717, 1.165) is 0 Å². The first-order valence-corrected chi connectivity index (χ1v) is 2.20. The minimum absolute atomic E-state index is 0.409. The lowest BCUT2D eigenvalue weighted by molar-refractivity contribution is -0.143. The van der Waals surface area contributed by atoms with Crippen molar-refractivity contribution in [2.75, 3.05) is 0 Å². The molecule has 0 fully saturated rings. The lowest BCUT2D eigenvalue weighted by atomic mass is 10.7. The number of rotatable bonds is 1. The molecule has 0 aliphatic rings. The van der Waals surface area contributed by atoms with Crippen molar-refractivity contribution in [1.29, 1.82) is 0 Å². The number of esters is 1. The normalized spacial score (nSPS) is 11.6. The Morgan fingerprint density at radius 2 is 2.38 bits per heavy atom. The molecule has 0 N–H and O–H groups in total. The van der Waals surface area contributed by atoms with Crippen molar-refractivity contribution in [2.24, 2.45) is 0 Å². The molecule has 3 heteroatoms. The van der Waals surface area contributed by atoms with Gasteiger partial charge in [-0.3, -0.25) is 9.64 Å². The van der Waals surface area contributed by atoms with Gasteiger partial charge in [0.2, 0.25) is 0 Å². The van der Waals surface area contributed by atoms with Gasteiger partial charge in [-0.05, 0) is 0 Å². The smallest absolute Gasteiger partial charge is 0.365 e. The molecular weight excluding hydrogens is 106 g/mol. The highest BCUT2D eigenvalue weighted by Crippen LogP contribution is 1.89. The van der Waals surface area contributed by atoms with Crippen LogP contribution in [0.4, 0.5) is 0 Å². The summed E-state index contributed by atoms with van der Waals surface area (Å²) in [5, 5.41) is 0. The highest BCUT2D eigenvalue weighted by atomic mass is 16.5. The van der Waals surface area contributed by atoms with Crippen LogP contribution in [0.5, 0.6) is 0 Å². The fraction of sp³-hybridized carbons (Fsp3) is 0.600. The van der Waals surface area contributed by atoms with Gasteiger partial charge in [0.05, 0.1) is 6.92 Å². The summed E-state index contributed by atoms with van der Waals surface area (Å²) in [5.41, 5.74) is 0. The molecule has 0 aromatic heterocycles. The zero-order valence-electron chi connectivity index (χ0n) is 4.84. The van der Waals surface area contributed by atoms with Crippen molar-refractivity contribution in [2.45, 2.75) is 20.1 Å². The van der Waals surface area contributed by atoms with Crippen LogP contribution in [0.3, 0.4) is 0 Å². The number of hydrogen-bond acceptors (Lipinski definition) is 2. The molecule has 3 nitrogen and oxygen atoms in total. The van der Waals surface area contributed by atoms with Gasteiger partial charge in [-0.15, -0.1) is 0 Å². The lowest BCUT2D eigenvalue weighted by Crippen LogP contribution is -2.06. The molecule has 0 bridgehead atoms. The van der Waals surface area contributed by atoms with Gasteiger partial charge in [0.25, 0.3) is 0 Å². The van der Waals surface area contributed by atoms with E-state index in [2.05, 4.69) is 9.58 Å². The van der Waals surface area contributed by atoms with Crippen molar-refractivity contribution < 1.29 is 9.53 Å². The summed E-state index contributed by atoms with van der Waals surface area (Å²) in [6.45, 7) is 9.15. The minimum Gasteiger partial charge on any atom is -0.392 e. The molecule has 0 rings (SSSR count). The lowest BCUT2D eigenvalue weighted by Gasteiger charge is -1.95. The molecule has 44 valence electrons. The maximum absolute atomic E-state index is 10.0. The summed E-state index contributed by atoms with van der Waals surface area (Å²) in [5.74, 6) is -0.409. The van der Waals surface area contributed by atoms with Crippen LogP contribution in [0.25, 0.3) is 4.85 Å². The van der Waals surface area contributed by atoms with Crippen LogP contribution in [0.2, 0.25) is 0 Å². The van der Waals surface area contributed by atoms with Gasteiger partial charge in [0, 0.05) is 6.92 Å². The van der Waals surface area contributed by atoms with Crippen LogP contribution >= 0.6 is 0 Å². The Morgan fingerprint density at radius 3 is 2.50 bits per heavy atom. The largest absolute Gasteiger partial charge is 0.392 e. The van der Waals surface area contributed by atoms with Crippen LogP contribution in [0.15, 0.2) is 0 Å². The molecule has 1 unspecified atom stereocenters. The Labute approximate surface area is 48.1 Å². The van der Waals surface area contributed by atoms with E-state index in [1.54, 1.807) is 0 Å². The summed E-state index contributed by atoms with van der Waals surface area (Å²) in [6, 6.07) is 0. The Balaban J connectivity index is 3.43. The van der Waals surface area contributed by atoms with Crippen molar-refractivity contribution in [1.82, 2.24) is 0 Å². The third kappa shape index (κ3) is 3.16. The van der Waals surface area contributed by atoms with Crippen molar-refractivity contribution in [3.05, 3.63) is 11.4 Å². The van der Waals surface area contributed by atoms with Gasteiger partial charge in [0.1, 0.15) is 0 Å². The van der Waals surface area contributed by atoms with E-state index in [1.165, 1.54) is 13.8 Å². The molecular formula is C5H7NO2. The van der Waals surface area contributed by atoms with Crippen molar-refractivity contribution in [3.63, 3.8) is 0 Å². The van der Waals surface area contributed by atoms with Gasteiger partial charge in [-0.25, -0.2) is 6.57 Å². The molecule has 0 saturated heterocycles. The zero-order chi connectivity index (χ0) is 6.57. The molecule has 0 heterocycles. The summed E-state index contributed by atoms with van der Waals surface area (Å²) in [7, 11) is 0. The third-order valence-electron chi connectivity index (χ3n) is 0.518. The van der Waals surface area contributed by atoms with Crippen LogP contribution < -0.4 is 0 Å². The maximum Gasteiger partial charge on any atom is 0.365 e. The molecule has 0 aromatic rings. The van der Waals surface area contributed by atoms with Crippen LogP contribution in [-0.4, -0.2) is 12.2 Å². The van der Waals surface area contributed by atoms with E-state index in [4.69, 9.17) is 6.57 Å². The Bertz CT molecular complexity index is 125. The first-order chi connectivity index (χ1) is 3.66. The van der Waals surface area contributed by atoms with Gasteiger partial charge >= 0.3 is 12.2 Å². The van der Waals surface area contributed by atoms with Gasteiger partial charge in [-0.1, -0.05) is 0 Å². The van der Waals surface area contributed by atoms with Crippen molar-refractivity contribution in [3.8, 4) is 0 Å². The van der Waals surface area contributed by atoms with Gasteiger partial charge in [0.15, 0.2) is 0 Å². The zero-order valence-corrected chi connectivity index (χ0v) is 4.84. The molecule has 0 aromatic carbocycles. The third-order valence-corrected chi connectivity index (χ3v) is 0.518. The second-order valence-corrected chi connectivity index (χ2v) is 1.34. The molecule has 8 heavy (non-hydrogen) atoms. The predicted molar refractivity (Wildman–Crippen MR) is 27.8 cm³/mol. The molecule has 0 spiro atoms. The standard InChI is InChI=1S/C5H7NO2/c1-4(6-3)8-5(2)7/h4H,1-2H3. The number of carbonyl (C=O) groups excluding carboxylic acids is 1. The Hall–Kier alpha value is -1.04. The number of ether oxygens (including phenoxy) is 1. The second-order valence-electron chi connectivity index (χ2n) is 1.34. The fourth-order valence-electron chi connectivity index (χ4n) is 0.267. The average molecular weight is 113 g/mol. The molecule has 1 atom stereocenters. The molecule has 0 aliphatic carbocycles. The SMILES string of the molecule is [C-]#[N+]C(C)OC(C)=O. The van der Waals surface area contributed by atoms with Crippen molar-refractivity contribution >= 4 is 5.97 Å². The fourth-order valence-corrected chi connectivity index (χ4v) is 0.267. The summed E-state index contributed by atoms with van der Waals surface area (Å²) >= 11 is 0. The monoisotopic (exact) mass is 113 g/mol. The number of hydrogen-bond donors (Lipinski definition) is 0. The first-order valence-electron chi connectivity index (χ1n) is 2.20. The van der Waals surface area contributed by atoms with E-state index in [9.17, 15) is 4.79 Å². The highest BCUT2D eigenvalue weighted by Gasteiger charge is 2.04. The molecule has 0 amide bonds. The van der Waals surface area contributed by atoms with E-state index < -0.39 is 12.2 Å². The molecule has 0 aliphatic heterocycles. The van der Waals surface area contributed by atoms with Gasteiger partial charge in [-0.2, -0.15) is 0 Å². The quantitative estimate of drug-likeness (QED) is 0.372. The number of nitrogens with zero attached hydrogens (tertiary/aromatic N) is 1. The molecule has 0 radical (unpaired) electrons. The minimum atomic E-state index is -0.632. The summed E-state index contributed by atoms with van der Waals surface area (Å²) in [4.78, 5) is 13.0. The van der Waals surface area contributed by atoms with Crippen LogP contribution in [-0.2, 0) is 9.53 Å². The predicted octanol–water partition coefficient (Wildman–Crippen LogP) is 0.815.